The Balaban J connectivity index is 2.55. The highest BCUT2D eigenvalue weighted by Gasteiger charge is 2.12. The number of nitriles is 2. The summed E-state index contributed by atoms with van der Waals surface area (Å²) in [4.78, 5) is 10.5. The molecule has 0 radical (unpaired) electrons. The number of benzene rings is 2. The van der Waals surface area contributed by atoms with Crippen LogP contribution in [0.15, 0.2) is 48.2 Å². The molecular weight excluding hydrogens is 256 g/mol. The van der Waals surface area contributed by atoms with E-state index in [1.165, 1.54) is 12.3 Å². The van der Waals surface area contributed by atoms with Crippen LogP contribution in [0, 0.1) is 32.8 Å². The quantitative estimate of drug-likeness (QED) is 0.521. The van der Waals surface area contributed by atoms with Crippen molar-refractivity contribution >= 4 is 22.1 Å². The van der Waals surface area contributed by atoms with Crippen molar-refractivity contribution in [3.8, 4) is 12.1 Å². The van der Waals surface area contributed by atoms with Crippen LogP contribution in [0.1, 0.15) is 0 Å². The Bertz CT molecular complexity index is 781. The monoisotopic (exact) mass is 264 g/mol. The number of allylic oxidation sites excluding steroid dienone is 1. The van der Waals surface area contributed by atoms with Gasteiger partial charge in [0.05, 0.1) is 10.3 Å². The highest BCUT2D eigenvalue weighted by atomic mass is 16.6. The van der Waals surface area contributed by atoms with Gasteiger partial charge in [-0.3, -0.25) is 10.1 Å². The van der Waals surface area contributed by atoms with E-state index in [4.69, 9.17) is 10.5 Å². The molecule has 0 aliphatic carbocycles. The van der Waals surface area contributed by atoms with Crippen LogP contribution < -0.4 is 5.32 Å². The fraction of sp³-hybridized carbons (Fsp3) is 0. The first kappa shape index (κ1) is 13.1. The zero-order valence-corrected chi connectivity index (χ0v) is 10.2. The molecule has 0 aliphatic heterocycles. The molecule has 0 heterocycles. The van der Waals surface area contributed by atoms with Gasteiger partial charge in [0.15, 0.2) is 0 Å². The molecule has 0 spiro atoms. The number of nitrogens with zero attached hydrogens (tertiary/aromatic N) is 3. The van der Waals surface area contributed by atoms with Crippen LogP contribution in [0.4, 0.5) is 11.4 Å². The van der Waals surface area contributed by atoms with Crippen molar-refractivity contribution in [1.29, 1.82) is 10.5 Å². The van der Waals surface area contributed by atoms with Crippen LogP contribution in [0.3, 0.4) is 0 Å². The van der Waals surface area contributed by atoms with Crippen LogP contribution in [0.2, 0.25) is 0 Å². The molecule has 0 atom stereocenters. The van der Waals surface area contributed by atoms with E-state index >= 15 is 0 Å². The van der Waals surface area contributed by atoms with Gasteiger partial charge in [0.1, 0.15) is 17.7 Å². The molecular formula is C14H8N4O2. The number of anilines is 1. The smallest absolute Gasteiger partial charge is 0.277 e. The maximum Gasteiger partial charge on any atom is 0.277 e. The van der Waals surface area contributed by atoms with Crippen molar-refractivity contribution in [1.82, 2.24) is 0 Å². The summed E-state index contributed by atoms with van der Waals surface area (Å²) in [6, 6.07) is 13.2. The third kappa shape index (κ3) is 2.40. The maximum absolute atomic E-state index is 11.0. The fourth-order valence-corrected chi connectivity index (χ4v) is 1.82. The van der Waals surface area contributed by atoms with Crippen molar-refractivity contribution < 1.29 is 4.92 Å². The van der Waals surface area contributed by atoms with Crippen LogP contribution >= 0.6 is 0 Å². The molecule has 2 rings (SSSR count). The lowest BCUT2D eigenvalue weighted by Crippen LogP contribution is -1.93. The molecule has 2 aromatic carbocycles. The van der Waals surface area contributed by atoms with E-state index in [2.05, 4.69) is 5.32 Å². The molecule has 6 nitrogen and oxygen atoms in total. The summed E-state index contributed by atoms with van der Waals surface area (Å²) >= 11 is 0. The van der Waals surface area contributed by atoms with Gasteiger partial charge >= 0.3 is 0 Å². The van der Waals surface area contributed by atoms with Crippen molar-refractivity contribution in [2.45, 2.75) is 0 Å². The lowest BCUT2D eigenvalue weighted by atomic mass is 10.1. The number of nitrogens with one attached hydrogen (secondary N) is 1. The highest BCUT2D eigenvalue weighted by molar-refractivity contribution is 5.99. The molecule has 0 unspecified atom stereocenters. The highest BCUT2D eigenvalue weighted by Crippen LogP contribution is 2.30. The van der Waals surface area contributed by atoms with E-state index in [1.807, 2.05) is 0 Å². The standard InChI is InChI=1S/C14H8N4O2/c15-7-10(8-16)9-17-13-5-1-4-12-11(13)3-2-6-14(12)18(19)20/h1-6,9,17H. The number of rotatable bonds is 3. The average molecular weight is 264 g/mol. The lowest BCUT2D eigenvalue weighted by molar-refractivity contribution is -0.383. The minimum atomic E-state index is -0.446. The van der Waals surface area contributed by atoms with Gasteiger partial charge in [0.25, 0.3) is 5.69 Å². The molecule has 2 aromatic rings. The molecule has 0 aliphatic rings. The van der Waals surface area contributed by atoms with Crippen LogP contribution in [-0.4, -0.2) is 4.92 Å². The topological polar surface area (TPSA) is 103 Å². The summed E-state index contributed by atoms with van der Waals surface area (Å²) in [5.41, 5.74) is 0.526. The summed E-state index contributed by atoms with van der Waals surface area (Å²) in [7, 11) is 0. The van der Waals surface area contributed by atoms with Gasteiger partial charge in [-0.15, -0.1) is 0 Å². The molecule has 0 amide bonds. The van der Waals surface area contributed by atoms with Crippen LogP contribution in [-0.2, 0) is 0 Å². The van der Waals surface area contributed by atoms with E-state index in [0.29, 0.717) is 16.5 Å². The molecule has 0 saturated carbocycles. The third-order valence-electron chi connectivity index (χ3n) is 2.71. The molecule has 20 heavy (non-hydrogen) atoms. The molecule has 0 saturated heterocycles. The molecule has 96 valence electrons. The van der Waals surface area contributed by atoms with Gasteiger partial charge in [0, 0.05) is 23.3 Å². The third-order valence-corrected chi connectivity index (χ3v) is 2.71. The van der Waals surface area contributed by atoms with Crippen molar-refractivity contribution in [3.05, 3.63) is 58.3 Å². The Morgan fingerprint density at radius 3 is 2.45 bits per heavy atom. The summed E-state index contributed by atoms with van der Waals surface area (Å²) < 4.78 is 0. The lowest BCUT2D eigenvalue weighted by Gasteiger charge is -2.06. The average Bonchev–Trinajstić information content (AvgIpc) is 2.47. The van der Waals surface area contributed by atoms with Crippen LogP contribution in [0.25, 0.3) is 10.8 Å². The Labute approximate surface area is 114 Å². The second-order valence-electron chi connectivity index (χ2n) is 3.86. The Morgan fingerprint density at radius 2 is 1.80 bits per heavy atom. The number of nitro groups is 1. The first-order chi connectivity index (χ1) is 9.67. The van der Waals surface area contributed by atoms with Gasteiger partial charge in [-0.2, -0.15) is 10.5 Å². The Kier molecular flexibility index (Phi) is 3.60. The van der Waals surface area contributed by atoms with E-state index in [9.17, 15) is 10.1 Å². The van der Waals surface area contributed by atoms with E-state index in [-0.39, 0.29) is 11.3 Å². The minimum absolute atomic E-state index is 0.0101. The second-order valence-corrected chi connectivity index (χ2v) is 3.86. The fourth-order valence-electron chi connectivity index (χ4n) is 1.82. The molecule has 6 heteroatoms. The van der Waals surface area contributed by atoms with Gasteiger partial charge in [-0.1, -0.05) is 18.2 Å². The minimum Gasteiger partial charge on any atom is -0.359 e. The van der Waals surface area contributed by atoms with Gasteiger partial charge in [-0.25, -0.2) is 0 Å². The van der Waals surface area contributed by atoms with E-state index in [1.54, 1.807) is 42.5 Å². The molecule has 1 N–H and O–H groups in total. The number of fused-ring (bicyclic) bond motifs is 1. The first-order valence-electron chi connectivity index (χ1n) is 5.60. The molecule has 0 fully saturated rings. The van der Waals surface area contributed by atoms with E-state index in [0.717, 1.165) is 0 Å². The maximum atomic E-state index is 11.0. The Hall–Kier alpha value is -3.38. The van der Waals surface area contributed by atoms with Crippen molar-refractivity contribution in [2.24, 2.45) is 0 Å². The predicted octanol–water partition coefficient (Wildman–Crippen LogP) is 3.09. The summed E-state index contributed by atoms with van der Waals surface area (Å²) in [5.74, 6) is 0. The Morgan fingerprint density at radius 1 is 1.15 bits per heavy atom. The molecule has 0 aromatic heterocycles. The number of non-ortho nitro benzene ring substituents is 1. The normalized spacial score (nSPS) is 9.30. The van der Waals surface area contributed by atoms with Gasteiger partial charge in [0.2, 0.25) is 0 Å². The van der Waals surface area contributed by atoms with E-state index < -0.39 is 4.92 Å². The SMILES string of the molecule is N#CC(C#N)=CNc1cccc2c([N+](=O)[O-])cccc12. The van der Waals surface area contributed by atoms with Gasteiger partial charge in [-0.05, 0) is 12.1 Å². The number of hydrogen-bond acceptors (Lipinski definition) is 5. The largest absolute Gasteiger partial charge is 0.359 e. The second kappa shape index (κ2) is 5.51. The first-order valence-corrected chi connectivity index (χ1v) is 5.60. The summed E-state index contributed by atoms with van der Waals surface area (Å²) in [6.07, 6.45) is 1.27. The zero-order valence-electron chi connectivity index (χ0n) is 10.2. The van der Waals surface area contributed by atoms with Crippen molar-refractivity contribution in [2.75, 3.05) is 5.32 Å². The van der Waals surface area contributed by atoms with Crippen LogP contribution in [0.5, 0.6) is 0 Å². The predicted molar refractivity (Wildman–Crippen MR) is 73.5 cm³/mol. The summed E-state index contributed by atoms with van der Waals surface area (Å²) in [6.45, 7) is 0. The van der Waals surface area contributed by atoms with Gasteiger partial charge < -0.3 is 5.32 Å². The van der Waals surface area contributed by atoms with Crippen molar-refractivity contribution in [3.63, 3.8) is 0 Å². The zero-order chi connectivity index (χ0) is 14.5. The number of hydrogen-bond donors (Lipinski definition) is 1. The number of nitro benzene ring substituents is 1. The summed E-state index contributed by atoms with van der Waals surface area (Å²) in [5, 5.41) is 32.3. The molecule has 0 bridgehead atoms.